The minimum Gasteiger partial charge on any atom is -0.310 e. The van der Waals surface area contributed by atoms with Crippen LogP contribution in [0.4, 0.5) is 0 Å². The van der Waals surface area contributed by atoms with Gasteiger partial charge in [-0.3, -0.25) is 0 Å². The van der Waals surface area contributed by atoms with E-state index in [0.717, 1.165) is 18.0 Å². The van der Waals surface area contributed by atoms with Crippen molar-refractivity contribution >= 4 is 0 Å². The van der Waals surface area contributed by atoms with Gasteiger partial charge < -0.3 is 5.32 Å². The molecule has 3 nitrogen and oxygen atoms in total. The number of nitriles is 1. The normalized spacial score (nSPS) is 18.5. The quantitative estimate of drug-likeness (QED) is 0.841. The van der Waals surface area contributed by atoms with Crippen LogP contribution < -0.4 is 5.32 Å². The summed E-state index contributed by atoms with van der Waals surface area (Å²) in [6.07, 6.45) is 9.99. The molecule has 1 heterocycles. The van der Waals surface area contributed by atoms with Crippen LogP contribution in [0, 0.1) is 17.2 Å². The van der Waals surface area contributed by atoms with E-state index in [1.807, 2.05) is 12.1 Å². The molecule has 1 N–H and O–H groups in total. The molecule has 1 aromatic rings. The Kier molecular flexibility index (Phi) is 5.35. The smallest absolute Gasteiger partial charge is 0.140 e. The molecule has 1 saturated carbocycles. The van der Waals surface area contributed by atoms with Crippen molar-refractivity contribution < 1.29 is 0 Å². The molecule has 1 fully saturated rings. The fourth-order valence-corrected chi connectivity index (χ4v) is 2.90. The molecule has 0 aliphatic heterocycles. The Hall–Kier alpha value is -1.40. The molecule has 0 amide bonds. The van der Waals surface area contributed by atoms with E-state index >= 15 is 0 Å². The summed E-state index contributed by atoms with van der Waals surface area (Å²) in [5.41, 5.74) is 1.65. The molecule has 1 aromatic heterocycles. The van der Waals surface area contributed by atoms with Crippen molar-refractivity contribution in [2.24, 2.45) is 5.92 Å². The Morgan fingerprint density at radius 1 is 1.37 bits per heavy atom. The summed E-state index contributed by atoms with van der Waals surface area (Å²) in [5.74, 6) is 0.805. The predicted octanol–water partition coefficient (Wildman–Crippen LogP) is 3.40. The number of aromatic nitrogens is 1. The van der Waals surface area contributed by atoms with Gasteiger partial charge in [0.2, 0.25) is 0 Å². The minimum atomic E-state index is 0.501. The van der Waals surface area contributed by atoms with Gasteiger partial charge in [0.1, 0.15) is 11.8 Å². The highest BCUT2D eigenvalue weighted by Crippen LogP contribution is 2.25. The highest BCUT2D eigenvalue weighted by molar-refractivity contribution is 5.25. The van der Waals surface area contributed by atoms with Gasteiger partial charge in [0.25, 0.3) is 0 Å². The van der Waals surface area contributed by atoms with Crippen LogP contribution in [-0.2, 0) is 6.54 Å². The number of nitrogens with one attached hydrogen (secondary N) is 1. The molecule has 0 spiro atoms. The second-order valence-electron chi connectivity index (χ2n) is 5.58. The van der Waals surface area contributed by atoms with Gasteiger partial charge in [-0.25, -0.2) is 4.98 Å². The van der Waals surface area contributed by atoms with Crippen molar-refractivity contribution in [3.63, 3.8) is 0 Å². The zero-order chi connectivity index (χ0) is 13.5. The van der Waals surface area contributed by atoms with Gasteiger partial charge in [-0.1, -0.05) is 25.7 Å². The Bertz CT molecular complexity index is 428. The number of nitrogens with zero attached hydrogens (tertiary/aromatic N) is 2. The number of hydrogen-bond acceptors (Lipinski definition) is 3. The first kappa shape index (κ1) is 14.0. The molecule has 102 valence electrons. The maximum Gasteiger partial charge on any atom is 0.140 e. The molecule has 3 heteroatoms. The molecular weight excluding hydrogens is 234 g/mol. The molecular formula is C16H23N3. The average molecular weight is 257 g/mol. The Morgan fingerprint density at radius 2 is 2.11 bits per heavy atom. The lowest BCUT2D eigenvalue weighted by Gasteiger charge is -2.23. The third-order valence-electron chi connectivity index (χ3n) is 4.17. The largest absolute Gasteiger partial charge is 0.310 e. The summed E-state index contributed by atoms with van der Waals surface area (Å²) in [5, 5.41) is 12.5. The van der Waals surface area contributed by atoms with E-state index in [0.29, 0.717) is 11.7 Å². The van der Waals surface area contributed by atoms with Crippen molar-refractivity contribution in [1.82, 2.24) is 10.3 Å². The lowest BCUT2D eigenvalue weighted by atomic mass is 9.93. The zero-order valence-electron chi connectivity index (χ0n) is 11.7. The van der Waals surface area contributed by atoms with Crippen LogP contribution >= 0.6 is 0 Å². The third-order valence-corrected chi connectivity index (χ3v) is 4.17. The summed E-state index contributed by atoms with van der Waals surface area (Å²) < 4.78 is 0. The highest BCUT2D eigenvalue weighted by Gasteiger charge is 2.18. The first-order valence-electron chi connectivity index (χ1n) is 7.38. The Labute approximate surface area is 116 Å². The van der Waals surface area contributed by atoms with E-state index in [9.17, 15) is 0 Å². The van der Waals surface area contributed by atoms with Crippen molar-refractivity contribution in [2.75, 3.05) is 0 Å². The van der Waals surface area contributed by atoms with Crippen LogP contribution in [0.1, 0.15) is 56.7 Å². The molecule has 0 unspecified atom stereocenters. The maximum atomic E-state index is 8.84. The number of pyridine rings is 1. The lowest BCUT2D eigenvalue weighted by molar-refractivity contribution is 0.336. The second-order valence-corrected chi connectivity index (χ2v) is 5.58. The Morgan fingerprint density at radius 3 is 2.79 bits per heavy atom. The van der Waals surface area contributed by atoms with Gasteiger partial charge in [0.05, 0.1) is 0 Å². The number of hydrogen-bond donors (Lipinski definition) is 1. The van der Waals surface area contributed by atoms with Crippen molar-refractivity contribution in [3.05, 3.63) is 29.6 Å². The second kappa shape index (κ2) is 7.25. The summed E-state index contributed by atoms with van der Waals surface area (Å²) in [6.45, 7) is 3.12. The summed E-state index contributed by atoms with van der Waals surface area (Å²) in [7, 11) is 0. The monoisotopic (exact) mass is 257 g/mol. The van der Waals surface area contributed by atoms with Crippen LogP contribution in [0.5, 0.6) is 0 Å². The highest BCUT2D eigenvalue weighted by atomic mass is 14.9. The van der Waals surface area contributed by atoms with Gasteiger partial charge >= 0.3 is 0 Å². The molecule has 2 rings (SSSR count). The molecule has 0 saturated heterocycles. The molecule has 19 heavy (non-hydrogen) atoms. The molecule has 0 radical (unpaired) electrons. The molecule has 1 atom stereocenters. The summed E-state index contributed by atoms with van der Waals surface area (Å²) in [4.78, 5) is 4.00. The topological polar surface area (TPSA) is 48.7 Å². The lowest BCUT2D eigenvalue weighted by Crippen LogP contribution is -2.32. The Balaban J connectivity index is 1.85. The van der Waals surface area contributed by atoms with Crippen LogP contribution in [0.3, 0.4) is 0 Å². The standard InChI is InChI=1S/C16H23N3/c1-13(15-6-4-2-3-5-7-15)19-12-14-8-9-18-16(10-14)11-17/h8-10,13,15,19H,2-7,12H2,1H3/t13-/m1/s1. The predicted molar refractivity (Wildman–Crippen MR) is 76.4 cm³/mol. The third kappa shape index (κ3) is 4.33. The van der Waals surface area contributed by atoms with Gasteiger partial charge in [-0.2, -0.15) is 5.26 Å². The van der Waals surface area contributed by atoms with Gasteiger partial charge in [0, 0.05) is 18.8 Å². The van der Waals surface area contributed by atoms with Crippen LogP contribution in [0.15, 0.2) is 18.3 Å². The first-order valence-corrected chi connectivity index (χ1v) is 7.38. The van der Waals surface area contributed by atoms with Gasteiger partial charge in [-0.15, -0.1) is 0 Å². The summed E-state index contributed by atoms with van der Waals surface area (Å²) >= 11 is 0. The first-order chi connectivity index (χ1) is 9.29. The van der Waals surface area contributed by atoms with Gasteiger partial charge in [0.15, 0.2) is 0 Å². The van der Waals surface area contributed by atoms with Crippen molar-refractivity contribution in [1.29, 1.82) is 5.26 Å². The van der Waals surface area contributed by atoms with Gasteiger partial charge in [-0.05, 0) is 43.4 Å². The molecule has 0 bridgehead atoms. The van der Waals surface area contributed by atoms with Crippen molar-refractivity contribution in [2.45, 2.75) is 58.0 Å². The minimum absolute atomic E-state index is 0.501. The zero-order valence-corrected chi connectivity index (χ0v) is 11.7. The van der Waals surface area contributed by atoms with E-state index in [2.05, 4.69) is 23.3 Å². The molecule has 1 aliphatic rings. The van der Waals surface area contributed by atoms with Crippen LogP contribution in [0.2, 0.25) is 0 Å². The summed E-state index contributed by atoms with van der Waals surface area (Å²) in [6, 6.07) is 6.49. The van der Waals surface area contributed by atoms with E-state index in [-0.39, 0.29) is 0 Å². The van der Waals surface area contributed by atoms with E-state index in [4.69, 9.17) is 5.26 Å². The molecule has 0 aromatic carbocycles. The maximum absolute atomic E-state index is 8.84. The average Bonchev–Trinajstić information content (AvgIpc) is 2.74. The van der Waals surface area contributed by atoms with E-state index < -0.39 is 0 Å². The van der Waals surface area contributed by atoms with Crippen LogP contribution in [-0.4, -0.2) is 11.0 Å². The van der Waals surface area contributed by atoms with Crippen LogP contribution in [0.25, 0.3) is 0 Å². The molecule has 1 aliphatic carbocycles. The number of rotatable bonds is 4. The SMILES string of the molecule is C[C@@H](NCc1ccnc(C#N)c1)C1CCCCCC1. The fraction of sp³-hybridized carbons (Fsp3) is 0.625. The van der Waals surface area contributed by atoms with E-state index in [1.54, 1.807) is 6.20 Å². The van der Waals surface area contributed by atoms with E-state index in [1.165, 1.54) is 38.5 Å². The van der Waals surface area contributed by atoms with Crippen molar-refractivity contribution in [3.8, 4) is 6.07 Å². The fourth-order valence-electron chi connectivity index (χ4n) is 2.90.